The van der Waals surface area contributed by atoms with E-state index in [4.69, 9.17) is 11.6 Å². The van der Waals surface area contributed by atoms with E-state index in [-0.39, 0.29) is 17.0 Å². The molecule has 4 aromatic rings. The highest BCUT2D eigenvalue weighted by Gasteiger charge is 2.16. The summed E-state index contributed by atoms with van der Waals surface area (Å²) in [5.41, 5.74) is 2.32. The lowest BCUT2D eigenvalue weighted by Gasteiger charge is -2.17. The van der Waals surface area contributed by atoms with Gasteiger partial charge in [0.2, 0.25) is 0 Å². The Labute approximate surface area is 178 Å². The summed E-state index contributed by atoms with van der Waals surface area (Å²) in [5, 5.41) is 1.78. The van der Waals surface area contributed by atoms with Gasteiger partial charge in [-0.25, -0.2) is 13.2 Å². The summed E-state index contributed by atoms with van der Waals surface area (Å²) in [6, 6.07) is 21.5. The van der Waals surface area contributed by atoms with Crippen LogP contribution in [0.25, 0.3) is 21.9 Å². The Morgan fingerprint density at radius 3 is 2.13 bits per heavy atom. The summed E-state index contributed by atoms with van der Waals surface area (Å²) in [4.78, 5) is 0. The highest BCUT2D eigenvalue weighted by molar-refractivity contribution is 6.31. The maximum Gasteiger partial charge on any atom is 0.145 e. The molecule has 30 heavy (non-hydrogen) atoms. The van der Waals surface area contributed by atoms with E-state index in [0.29, 0.717) is 0 Å². The number of hydrogen-bond acceptors (Lipinski definition) is 0. The number of halogens is 4. The maximum absolute atomic E-state index is 14.9. The van der Waals surface area contributed by atoms with Gasteiger partial charge in [0.25, 0.3) is 0 Å². The van der Waals surface area contributed by atoms with E-state index < -0.39 is 22.5 Å². The highest BCUT2D eigenvalue weighted by atomic mass is 35.5. The van der Waals surface area contributed by atoms with Crippen LogP contribution < -0.4 is 0 Å². The molecular formula is C26H20ClF3. The standard InChI is InChI=1S/C26H20ClF3/c1-2-17(11-16-7-8-18-5-3-4-6-19(18)12-16)20-9-10-22(23(28)13-20)21-14-24(29)26(27)25(30)15-21/h3-10,12-15,17H,2,11H2,1H3. The Morgan fingerprint density at radius 1 is 0.767 bits per heavy atom. The van der Waals surface area contributed by atoms with Gasteiger partial charge >= 0.3 is 0 Å². The van der Waals surface area contributed by atoms with Crippen molar-refractivity contribution >= 4 is 22.4 Å². The first-order valence-electron chi connectivity index (χ1n) is 9.88. The van der Waals surface area contributed by atoms with E-state index in [2.05, 4.69) is 37.3 Å². The van der Waals surface area contributed by atoms with Crippen LogP contribution in [0.15, 0.2) is 72.8 Å². The smallest absolute Gasteiger partial charge is 0.145 e. The first-order valence-corrected chi connectivity index (χ1v) is 10.3. The number of benzene rings is 4. The summed E-state index contributed by atoms with van der Waals surface area (Å²) in [5.74, 6) is -2.19. The summed E-state index contributed by atoms with van der Waals surface area (Å²) in [6.07, 6.45) is 1.63. The molecule has 0 aliphatic rings. The molecule has 152 valence electrons. The molecule has 0 N–H and O–H groups in total. The molecular weight excluding hydrogens is 405 g/mol. The van der Waals surface area contributed by atoms with Gasteiger partial charge in [-0.3, -0.25) is 0 Å². The van der Waals surface area contributed by atoms with E-state index in [1.54, 1.807) is 6.07 Å². The first kappa shape index (κ1) is 20.5. The molecule has 0 radical (unpaired) electrons. The lowest BCUT2D eigenvalue weighted by molar-refractivity contribution is 0.584. The molecule has 4 heteroatoms. The van der Waals surface area contributed by atoms with Gasteiger partial charge < -0.3 is 0 Å². The molecule has 0 saturated carbocycles. The third-order valence-corrected chi connectivity index (χ3v) is 5.91. The van der Waals surface area contributed by atoms with E-state index >= 15 is 0 Å². The third kappa shape index (κ3) is 4.08. The van der Waals surface area contributed by atoms with Crippen molar-refractivity contribution in [2.75, 3.05) is 0 Å². The second-order valence-electron chi connectivity index (χ2n) is 7.48. The van der Waals surface area contributed by atoms with Crippen LogP contribution in [0.3, 0.4) is 0 Å². The Morgan fingerprint density at radius 2 is 1.47 bits per heavy atom. The van der Waals surface area contributed by atoms with Crippen LogP contribution in [0.5, 0.6) is 0 Å². The maximum atomic E-state index is 14.9. The van der Waals surface area contributed by atoms with E-state index in [1.165, 1.54) is 22.4 Å². The minimum absolute atomic E-state index is 0.126. The molecule has 0 aliphatic carbocycles. The zero-order valence-electron chi connectivity index (χ0n) is 16.4. The molecule has 0 aromatic heterocycles. The monoisotopic (exact) mass is 424 g/mol. The minimum Gasteiger partial charge on any atom is -0.206 e. The predicted octanol–water partition coefficient (Wildman–Crippen LogP) is 8.31. The molecule has 0 spiro atoms. The Bertz CT molecular complexity index is 1190. The molecule has 0 saturated heterocycles. The summed E-state index contributed by atoms with van der Waals surface area (Å²) in [6.45, 7) is 2.07. The largest absolute Gasteiger partial charge is 0.206 e. The fourth-order valence-corrected chi connectivity index (χ4v) is 3.99. The third-order valence-electron chi connectivity index (χ3n) is 5.55. The van der Waals surface area contributed by atoms with Gasteiger partial charge in [0.05, 0.1) is 0 Å². The van der Waals surface area contributed by atoms with Gasteiger partial charge in [-0.15, -0.1) is 0 Å². The van der Waals surface area contributed by atoms with Crippen molar-refractivity contribution in [1.82, 2.24) is 0 Å². The minimum atomic E-state index is -0.905. The average Bonchev–Trinajstić information content (AvgIpc) is 2.75. The Hall–Kier alpha value is -2.78. The van der Waals surface area contributed by atoms with Crippen LogP contribution in [0.2, 0.25) is 5.02 Å². The molecule has 0 amide bonds. The summed E-state index contributed by atoms with van der Waals surface area (Å²) >= 11 is 5.53. The summed E-state index contributed by atoms with van der Waals surface area (Å²) < 4.78 is 42.4. The summed E-state index contributed by atoms with van der Waals surface area (Å²) in [7, 11) is 0. The van der Waals surface area contributed by atoms with Gasteiger partial charge in [0.1, 0.15) is 22.5 Å². The SMILES string of the molecule is CCC(Cc1ccc2ccccc2c1)c1ccc(-c2cc(F)c(Cl)c(F)c2)c(F)c1. The van der Waals surface area contributed by atoms with Crippen LogP contribution >= 0.6 is 11.6 Å². The zero-order valence-corrected chi connectivity index (χ0v) is 17.2. The quantitative estimate of drug-likeness (QED) is 0.282. The van der Waals surface area contributed by atoms with Crippen molar-refractivity contribution < 1.29 is 13.2 Å². The molecule has 4 aromatic carbocycles. The van der Waals surface area contributed by atoms with Gasteiger partial charge in [0.15, 0.2) is 0 Å². The highest BCUT2D eigenvalue weighted by Crippen LogP contribution is 2.32. The van der Waals surface area contributed by atoms with Crippen molar-refractivity contribution in [3.8, 4) is 11.1 Å². The molecule has 0 aliphatic heterocycles. The predicted molar refractivity (Wildman–Crippen MR) is 117 cm³/mol. The molecule has 1 atom stereocenters. The van der Waals surface area contributed by atoms with Gasteiger partial charge in [-0.1, -0.05) is 73.1 Å². The van der Waals surface area contributed by atoms with Crippen molar-refractivity contribution in [2.45, 2.75) is 25.7 Å². The lowest BCUT2D eigenvalue weighted by Crippen LogP contribution is -2.03. The van der Waals surface area contributed by atoms with Gasteiger partial charge in [0, 0.05) is 5.56 Å². The first-order chi connectivity index (χ1) is 14.5. The molecule has 0 bridgehead atoms. The second kappa shape index (κ2) is 8.53. The van der Waals surface area contributed by atoms with Crippen molar-refractivity contribution in [1.29, 1.82) is 0 Å². The van der Waals surface area contributed by atoms with Gasteiger partial charge in [-0.2, -0.15) is 0 Å². The molecule has 4 rings (SSSR count). The lowest BCUT2D eigenvalue weighted by atomic mass is 9.88. The number of rotatable bonds is 5. The fourth-order valence-electron chi connectivity index (χ4n) is 3.88. The molecule has 0 fully saturated rings. The fraction of sp³-hybridized carbons (Fsp3) is 0.154. The van der Waals surface area contributed by atoms with Crippen molar-refractivity contribution in [2.24, 2.45) is 0 Å². The van der Waals surface area contributed by atoms with Crippen LogP contribution in [-0.4, -0.2) is 0 Å². The van der Waals surface area contributed by atoms with E-state index in [1.807, 2.05) is 18.2 Å². The second-order valence-corrected chi connectivity index (χ2v) is 7.86. The molecule has 0 heterocycles. The van der Waals surface area contributed by atoms with Crippen molar-refractivity contribution in [3.05, 3.63) is 106 Å². The normalized spacial score (nSPS) is 12.3. The average molecular weight is 425 g/mol. The van der Waals surface area contributed by atoms with Crippen LogP contribution in [0.4, 0.5) is 13.2 Å². The van der Waals surface area contributed by atoms with Crippen LogP contribution in [-0.2, 0) is 6.42 Å². The van der Waals surface area contributed by atoms with Crippen LogP contribution in [0.1, 0.15) is 30.4 Å². The molecule has 1 unspecified atom stereocenters. The zero-order chi connectivity index (χ0) is 21.3. The topological polar surface area (TPSA) is 0 Å². The van der Waals surface area contributed by atoms with Gasteiger partial charge in [-0.05, 0) is 64.4 Å². The van der Waals surface area contributed by atoms with Crippen LogP contribution in [0, 0.1) is 17.5 Å². The molecule has 0 nitrogen and oxygen atoms in total. The van der Waals surface area contributed by atoms with Crippen molar-refractivity contribution in [3.63, 3.8) is 0 Å². The van der Waals surface area contributed by atoms with E-state index in [9.17, 15) is 13.2 Å². The number of hydrogen-bond donors (Lipinski definition) is 0. The Kier molecular flexibility index (Phi) is 5.83. The Balaban J connectivity index is 1.63. The number of fused-ring (bicyclic) bond motifs is 1. The van der Waals surface area contributed by atoms with E-state index in [0.717, 1.165) is 30.5 Å².